The summed E-state index contributed by atoms with van der Waals surface area (Å²) in [6.07, 6.45) is 3.63. The molecule has 0 atom stereocenters. The Bertz CT molecular complexity index is 539. The van der Waals surface area contributed by atoms with Crippen molar-refractivity contribution in [1.82, 2.24) is 4.98 Å². The maximum atomic E-state index is 13.3. The third-order valence-corrected chi connectivity index (χ3v) is 2.68. The lowest BCUT2D eigenvalue weighted by atomic mass is 9.87. The van der Waals surface area contributed by atoms with Gasteiger partial charge in [0.1, 0.15) is 11.6 Å². The maximum Gasteiger partial charge on any atom is 0.149 e. The second kappa shape index (κ2) is 5.54. The predicted molar refractivity (Wildman–Crippen MR) is 67.4 cm³/mol. The van der Waals surface area contributed by atoms with Crippen LogP contribution in [0.4, 0.5) is 4.39 Å². The number of Topliss-reactive ketones (excluding diaryl/α,β-unsaturated/α-hetero) is 1. The Balaban J connectivity index is 2.47. The molecule has 0 spiro atoms. The lowest BCUT2D eigenvalue weighted by Crippen LogP contribution is -2.14. The average Bonchev–Trinajstić information content (AvgIpc) is 2.40. The van der Waals surface area contributed by atoms with E-state index in [4.69, 9.17) is 0 Å². The van der Waals surface area contributed by atoms with Crippen molar-refractivity contribution >= 4 is 5.78 Å². The normalized spacial score (nSPS) is 10.6. The molecule has 2 nitrogen and oxygen atoms in total. The second-order valence-corrected chi connectivity index (χ2v) is 3.90. The van der Waals surface area contributed by atoms with E-state index in [1.807, 2.05) is 0 Å². The van der Waals surface area contributed by atoms with E-state index in [0.717, 1.165) is 5.56 Å². The lowest BCUT2D eigenvalue weighted by molar-refractivity contribution is -0.116. The van der Waals surface area contributed by atoms with Gasteiger partial charge < -0.3 is 0 Å². The maximum absolute atomic E-state index is 13.3. The van der Waals surface area contributed by atoms with Crippen molar-refractivity contribution in [2.75, 3.05) is 0 Å². The minimum Gasteiger partial charge on any atom is -0.298 e. The summed E-state index contributed by atoms with van der Waals surface area (Å²) in [6, 6.07) is 9.61. The van der Waals surface area contributed by atoms with Crippen LogP contribution in [0.3, 0.4) is 0 Å². The van der Waals surface area contributed by atoms with E-state index in [2.05, 4.69) is 4.98 Å². The number of rotatable bonds is 4. The fourth-order valence-electron chi connectivity index (χ4n) is 1.83. The van der Waals surface area contributed by atoms with Gasteiger partial charge in [-0.1, -0.05) is 19.1 Å². The summed E-state index contributed by atoms with van der Waals surface area (Å²) in [5.74, 6) is 0.189. The quantitative estimate of drug-likeness (QED) is 0.824. The number of pyridine rings is 1. The Morgan fingerprint density at radius 2 is 1.89 bits per heavy atom. The highest BCUT2D eigenvalue weighted by Crippen LogP contribution is 2.25. The molecule has 1 heterocycles. The van der Waals surface area contributed by atoms with Gasteiger partial charge in [-0.05, 0) is 35.4 Å². The topological polar surface area (TPSA) is 30.0 Å². The smallest absolute Gasteiger partial charge is 0.149 e. The number of hydrogen-bond acceptors (Lipinski definition) is 2. The zero-order chi connectivity index (χ0) is 13.0. The van der Waals surface area contributed by atoms with Gasteiger partial charge in [0.25, 0.3) is 0 Å². The van der Waals surface area contributed by atoms with Crippen LogP contribution in [0.5, 0.6) is 0 Å². The molecule has 0 unspecified atom stereocenters. The molecule has 3 heteroatoms. The van der Waals surface area contributed by atoms with Crippen LogP contribution in [0.25, 0.3) is 0 Å². The predicted octanol–water partition coefficient (Wildman–Crippen LogP) is 3.17. The van der Waals surface area contributed by atoms with E-state index in [0.29, 0.717) is 17.9 Å². The summed E-state index contributed by atoms with van der Waals surface area (Å²) in [5, 5.41) is 0. The van der Waals surface area contributed by atoms with Crippen LogP contribution in [0.2, 0.25) is 0 Å². The van der Waals surface area contributed by atoms with E-state index < -0.39 is 0 Å². The Morgan fingerprint density at radius 3 is 2.50 bits per heavy atom. The number of carbonyl (C=O) groups excluding carboxylic acids is 1. The van der Waals surface area contributed by atoms with E-state index in [1.54, 1.807) is 43.6 Å². The first-order valence-electron chi connectivity index (χ1n) is 5.79. The van der Waals surface area contributed by atoms with Crippen molar-refractivity contribution in [1.29, 1.82) is 0 Å². The van der Waals surface area contributed by atoms with Crippen molar-refractivity contribution in [2.24, 2.45) is 0 Å². The van der Waals surface area contributed by atoms with Crippen molar-refractivity contribution < 1.29 is 9.18 Å². The Hall–Kier alpha value is -2.03. The highest BCUT2D eigenvalue weighted by atomic mass is 19.1. The van der Waals surface area contributed by atoms with Crippen LogP contribution in [0, 0.1) is 11.7 Å². The molecule has 91 valence electrons. The molecule has 0 aliphatic carbocycles. The number of nitrogens with zero attached hydrogens (tertiary/aromatic N) is 1. The molecule has 2 aromatic rings. The second-order valence-electron chi connectivity index (χ2n) is 3.90. The molecular weight excluding hydrogens is 229 g/mol. The molecule has 0 aliphatic heterocycles. The average molecular weight is 242 g/mol. The van der Waals surface area contributed by atoms with Crippen molar-refractivity contribution in [2.45, 2.75) is 13.3 Å². The first-order valence-corrected chi connectivity index (χ1v) is 5.79. The highest BCUT2D eigenvalue weighted by molar-refractivity contribution is 5.99. The monoisotopic (exact) mass is 242 g/mol. The molecule has 0 N–H and O–H groups in total. The largest absolute Gasteiger partial charge is 0.298 e. The zero-order valence-corrected chi connectivity index (χ0v) is 10.1. The van der Waals surface area contributed by atoms with Gasteiger partial charge in [-0.15, -0.1) is 0 Å². The number of halogens is 1. The van der Waals surface area contributed by atoms with Crippen LogP contribution in [0.15, 0.2) is 48.8 Å². The van der Waals surface area contributed by atoms with Gasteiger partial charge in [0.2, 0.25) is 0 Å². The Labute approximate surface area is 105 Å². The molecule has 1 aromatic heterocycles. The zero-order valence-electron chi connectivity index (χ0n) is 10.1. The van der Waals surface area contributed by atoms with Crippen LogP contribution < -0.4 is 0 Å². The molecular formula is C15H13FNO. The van der Waals surface area contributed by atoms with Crippen LogP contribution in [-0.2, 0) is 4.79 Å². The molecule has 1 radical (unpaired) electrons. The van der Waals surface area contributed by atoms with Gasteiger partial charge >= 0.3 is 0 Å². The SMILES string of the molecule is CCC(=O)[C](c1ccncc1)c1cccc(F)c1. The molecule has 0 amide bonds. The lowest BCUT2D eigenvalue weighted by Gasteiger charge is -2.14. The van der Waals surface area contributed by atoms with Gasteiger partial charge in [0.15, 0.2) is 0 Å². The van der Waals surface area contributed by atoms with Crippen molar-refractivity contribution in [3.8, 4) is 0 Å². The number of benzene rings is 1. The minimum atomic E-state index is -0.344. The first-order chi connectivity index (χ1) is 8.72. The number of hydrogen-bond donors (Lipinski definition) is 0. The summed E-state index contributed by atoms with van der Waals surface area (Å²) in [5.41, 5.74) is 1.37. The standard InChI is InChI=1S/C15H13FNO/c1-2-14(18)15(11-6-8-17-9-7-11)12-4-3-5-13(16)10-12/h3-10H,2H2,1H3. The van der Waals surface area contributed by atoms with Gasteiger partial charge in [-0.3, -0.25) is 9.78 Å². The van der Waals surface area contributed by atoms with Crippen LogP contribution in [0.1, 0.15) is 24.5 Å². The van der Waals surface area contributed by atoms with E-state index in [1.165, 1.54) is 12.1 Å². The van der Waals surface area contributed by atoms with E-state index in [-0.39, 0.29) is 11.6 Å². The van der Waals surface area contributed by atoms with Gasteiger partial charge in [-0.25, -0.2) is 4.39 Å². The number of ketones is 1. The van der Waals surface area contributed by atoms with E-state index >= 15 is 0 Å². The molecule has 0 saturated carbocycles. The van der Waals surface area contributed by atoms with Crippen LogP contribution >= 0.6 is 0 Å². The summed E-state index contributed by atoms with van der Waals surface area (Å²) in [4.78, 5) is 16.0. The molecule has 0 aliphatic rings. The van der Waals surface area contributed by atoms with Crippen molar-refractivity contribution in [3.63, 3.8) is 0 Å². The minimum absolute atomic E-state index is 0.00759. The summed E-state index contributed by atoms with van der Waals surface area (Å²) in [6.45, 7) is 1.79. The van der Waals surface area contributed by atoms with Crippen molar-refractivity contribution in [3.05, 3.63) is 71.7 Å². The highest BCUT2D eigenvalue weighted by Gasteiger charge is 2.22. The molecule has 0 saturated heterocycles. The van der Waals surface area contributed by atoms with Gasteiger partial charge in [0, 0.05) is 18.8 Å². The first kappa shape index (κ1) is 12.4. The third kappa shape index (κ3) is 2.62. The van der Waals surface area contributed by atoms with Gasteiger partial charge in [0.05, 0.1) is 5.92 Å². The fraction of sp³-hybridized carbons (Fsp3) is 0.133. The van der Waals surface area contributed by atoms with Gasteiger partial charge in [-0.2, -0.15) is 0 Å². The summed E-state index contributed by atoms with van der Waals surface area (Å²) in [7, 11) is 0. The fourth-order valence-corrected chi connectivity index (χ4v) is 1.83. The Kier molecular flexibility index (Phi) is 3.82. The summed E-state index contributed by atoms with van der Waals surface area (Å²) < 4.78 is 13.3. The summed E-state index contributed by atoms with van der Waals surface area (Å²) >= 11 is 0. The molecule has 18 heavy (non-hydrogen) atoms. The molecule has 0 bridgehead atoms. The van der Waals surface area contributed by atoms with E-state index in [9.17, 15) is 9.18 Å². The van der Waals surface area contributed by atoms with Crippen LogP contribution in [-0.4, -0.2) is 10.8 Å². The third-order valence-electron chi connectivity index (χ3n) is 2.68. The molecule has 2 rings (SSSR count). The Morgan fingerprint density at radius 1 is 1.17 bits per heavy atom. The number of aromatic nitrogens is 1. The molecule has 0 fully saturated rings. The molecule has 1 aromatic carbocycles. The number of carbonyl (C=O) groups is 1.